The molecule has 4 rings (SSSR count). The fourth-order valence-electron chi connectivity index (χ4n) is 5.88. The van der Waals surface area contributed by atoms with Gasteiger partial charge in [-0.05, 0) is 104 Å². The molecule has 1 aromatic carbocycles. The molecule has 0 saturated carbocycles. The monoisotopic (exact) mass is 852 g/mol. The first kappa shape index (κ1) is 48.2. The minimum absolute atomic E-state index is 0.110. The van der Waals surface area contributed by atoms with E-state index in [0.29, 0.717) is 22.3 Å². The van der Waals surface area contributed by atoms with Crippen LogP contribution in [-0.4, -0.2) is 29.6 Å². The third-order valence-electron chi connectivity index (χ3n) is 8.73. The van der Waals surface area contributed by atoms with Crippen LogP contribution < -0.4 is 0 Å². The van der Waals surface area contributed by atoms with Crippen LogP contribution in [-0.2, 0) is 12.0 Å². The Morgan fingerprint density at radius 3 is 1.39 bits per heavy atom. The fraction of sp³-hybridized carbons (Fsp3) is 0.115. The molecule has 0 bridgehead atoms. The second-order valence-corrected chi connectivity index (χ2v) is 13.4. The molecule has 0 radical (unpaired) electrons. The fourth-order valence-corrected chi connectivity index (χ4v) is 5.88. The summed E-state index contributed by atoms with van der Waals surface area (Å²) in [6.45, 7) is 11.5. The molecule has 6 nitrogen and oxygen atoms in total. The first-order valence-corrected chi connectivity index (χ1v) is 19.2. The maximum absolute atomic E-state index is 11.5. The van der Waals surface area contributed by atoms with Crippen molar-refractivity contribution in [3.8, 4) is 237 Å². The smallest absolute Gasteiger partial charge is 0.214 e. The Bertz CT molecular complexity index is 3850. The summed E-state index contributed by atoms with van der Waals surface area (Å²) in [4.78, 5) is 0. The Morgan fingerprint density at radius 1 is 0.582 bits per heavy atom. The van der Waals surface area contributed by atoms with Crippen molar-refractivity contribution in [3.63, 3.8) is 0 Å². The standard InChI is InChI=1S/C61H28N2O4/c1-7-8-9-10-11-12-13-14-15-16-17-18-19-20-21-22-23-24-25-26-27-28-29-30-31-32-33-34-35-36-37-38-39-40-44-62-58(65)55-47-52(45-50(4)57(55)60(62)67)54-48-56(64)63(59(54)66)61(5,6)53-43-41-42-51(46-53)49(2)3/h1,41-43,45-46,48,52,64-67H,2,47H2,3-6H3. The van der Waals surface area contributed by atoms with Crippen LogP contribution in [0.3, 0.4) is 0 Å². The number of benzene rings is 1. The van der Waals surface area contributed by atoms with E-state index in [4.69, 9.17) is 6.42 Å². The molecule has 67 heavy (non-hydrogen) atoms. The van der Waals surface area contributed by atoms with Gasteiger partial charge in [0.15, 0.2) is 11.8 Å². The second kappa shape index (κ2) is 25.3. The zero-order valence-corrected chi connectivity index (χ0v) is 36.2. The number of fused-ring (bicyclic) bond motifs is 1. The van der Waals surface area contributed by atoms with E-state index in [2.05, 4.69) is 214 Å². The number of nitrogens with zero attached hydrogens (tertiary/aromatic N) is 2. The van der Waals surface area contributed by atoms with Gasteiger partial charge in [-0.25, -0.2) is 4.57 Å². The lowest BCUT2D eigenvalue weighted by atomic mass is 9.84. The summed E-state index contributed by atoms with van der Waals surface area (Å²) in [5.74, 6) is 83.2. The normalized spacial score (nSPS) is 9.72. The van der Waals surface area contributed by atoms with E-state index in [-0.39, 0.29) is 29.9 Å². The van der Waals surface area contributed by atoms with Crippen molar-refractivity contribution >= 4 is 11.1 Å². The highest BCUT2D eigenvalue weighted by atomic mass is 16.3. The molecule has 0 spiro atoms. The molecule has 4 N–H and O–H groups in total. The van der Waals surface area contributed by atoms with Crippen LogP contribution in [0.25, 0.3) is 11.1 Å². The van der Waals surface area contributed by atoms with E-state index in [1.54, 1.807) is 6.92 Å². The Kier molecular flexibility index (Phi) is 18.2. The summed E-state index contributed by atoms with van der Waals surface area (Å²) in [5, 5.41) is 44.8. The lowest BCUT2D eigenvalue weighted by Crippen LogP contribution is -2.27. The van der Waals surface area contributed by atoms with Gasteiger partial charge >= 0.3 is 0 Å². The summed E-state index contributed by atoms with van der Waals surface area (Å²) < 4.78 is 2.52. The highest BCUT2D eigenvalue weighted by Gasteiger charge is 2.35. The maximum atomic E-state index is 11.5. The van der Waals surface area contributed by atoms with Gasteiger partial charge in [-0.15, -0.1) is 6.42 Å². The zero-order chi connectivity index (χ0) is 48.3. The summed E-state index contributed by atoms with van der Waals surface area (Å²) in [5.41, 5.74) is 3.88. The van der Waals surface area contributed by atoms with Gasteiger partial charge in [-0.3, -0.25) is 4.57 Å². The number of aromatic hydroxyl groups is 4. The van der Waals surface area contributed by atoms with E-state index in [1.807, 2.05) is 51.1 Å². The van der Waals surface area contributed by atoms with Crippen LogP contribution >= 0.6 is 0 Å². The molecule has 6 heteroatoms. The second-order valence-electron chi connectivity index (χ2n) is 13.4. The van der Waals surface area contributed by atoms with Gasteiger partial charge in [0.25, 0.3) is 0 Å². The highest BCUT2D eigenvalue weighted by Crippen LogP contribution is 2.48. The predicted molar refractivity (Wildman–Crippen MR) is 262 cm³/mol. The van der Waals surface area contributed by atoms with Gasteiger partial charge < -0.3 is 20.4 Å². The minimum atomic E-state index is -0.830. The first-order chi connectivity index (χ1) is 32.5. The van der Waals surface area contributed by atoms with Crippen LogP contribution in [0.4, 0.5) is 0 Å². The molecule has 1 atom stereocenters. The number of hydrogen-bond donors (Lipinski definition) is 4. The number of hydrogen-bond acceptors (Lipinski definition) is 4. The van der Waals surface area contributed by atoms with Crippen LogP contribution in [0.2, 0.25) is 0 Å². The summed E-state index contributed by atoms with van der Waals surface area (Å²) in [7, 11) is 0. The molecular weight excluding hydrogens is 825 g/mol. The van der Waals surface area contributed by atoms with E-state index in [0.717, 1.165) is 21.3 Å². The summed E-state index contributed by atoms with van der Waals surface area (Å²) in [6, 6.07) is 11.9. The SMILES string of the molecule is C#CC#CC#CC#CC#CC#CC#CC#CC#CC#CC#CC#CC#CC#CC#CC#CC#CC#Cn1c(O)c2c(c1O)C(C)=CC(c1cc(O)n(C(C)(C)c3cccc(C(=C)C)c3)c1O)C2. The molecule has 0 fully saturated rings. The molecule has 2 aromatic heterocycles. The average molecular weight is 853 g/mol. The number of rotatable bonds is 4. The van der Waals surface area contributed by atoms with E-state index < -0.39 is 11.5 Å². The van der Waals surface area contributed by atoms with Gasteiger partial charge in [-0.2, -0.15) is 0 Å². The van der Waals surface area contributed by atoms with Gasteiger partial charge in [-0.1, -0.05) is 36.4 Å². The third kappa shape index (κ3) is 14.3. The molecule has 2 heterocycles. The molecule has 1 aliphatic rings. The van der Waals surface area contributed by atoms with Gasteiger partial charge in [0.05, 0.1) is 5.54 Å². The number of aromatic nitrogens is 2. The summed E-state index contributed by atoms with van der Waals surface area (Å²) >= 11 is 0. The van der Waals surface area contributed by atoms with Crippen molar-refractivity contribution in [3.05, 3.63) is 70.8 Å². The quantitative estimate of drug-likeness (QED) is 0.273. The molecule has 306 valence electrons. The highest BCUT2D eigenvalue weighted by molar-refractivity contribution is 5.77. The molecule has 1 unspecified atom stereocenters. The minimum Gasteiger partial charge on any atom is -0.494 e. The Morgan fingerprint density at radius 2 is 0.985 bits per heavy atom. The van der Waals surface area contributed by atoms with Crippen molar-refractivity contribution in [2.75, 3.05) is 0 Å². The average Bonchev–Trinajstić information content (AvgIpc) is 3.75. The van der Waals surface area contributed by atoms with Crippen LogP contribution in [0.5, 0.6) is 23.5 Å². The van der Waals surface area contributed by atoms with E-state index in [9.17, 15) is 20.4 Å². The first-order valence-electron chi connectivity index (χ1n) is 19.2. The lowest BCUT2D eigenvalue weighted by molar-refractivity contribution is 0.299. The molecule has 0 saturated heterocycles. The van der Waals surface area contributed by atoms with E-state index in [1.165, 1.54) is 10.6 Å². The Labute approximate surface area is 392 Å². The van der Waals surface area contributed by atoms with Gasteiger partial charge in [0.2, 0.25) is 11.8 Å². The van der Waals surface area contributed by atoms with Gasteiger partial charge in [0, 0.05) is 189 Å². The van der Waals surface area contributed by atoms with Crippen molar-refractivity contribution in [2.24, 2.45) is 0 Å². The largest absolute Gasteiger partial charge is 0.494 e. The zero-order valence-electron chi connectivity index (χ0n) is 36.2. The lowest BCUT2D eigenvalue weighted by Gasteiger charge is -2.30. The van der Waals surface area contributed by atoms with E-state index >= 15 is 0 Å². The summed E-state index contributed by atoms with van der Waals surface area (Å²) in [6.07, 6.45) is 7.05. The Hall–Kier alpha value is -11.5. The number of terminal acetylenes is 1. The van der Waals surface area contributed by atoms with Crippen molar-refractivity contribution < 1.29 is 20.4 Å². The molecular formula is C61H28N2O4. The molecule has 0 aliphatic heterocycles. The van der Waals surface area contributed by atoms with Gasteiger partial charge in [0.1, 0.15) is 0 Å². The number of allylic oxidation sites excluding steroid dienone is 3. The van der Waals surface area contributed by atoms with Crippen LogP contribution in [0.1, 0.15) is 61.4 Å². The third-order valence-corrected chi connectivity index (χ3v) is 8.73. The van der Waals surface area contributed by atoms with Crippen LogP contribution in [0, 0.1) is 214 Å². The predicted octanol–water partition coefficient (Wildman–Crippen LogP) is 5.17. The van der Waals surface area contributed by atoms with Crippen molar-refractivity contribution in [1.82, 2.24) is 9.13 Å². The molecule has 0 amide bonds. The molecule has 1 aliphatic carbocycles. The topological polar surface area (TPSA) is 90.8 Å². The maximum Gasteiger partial charge on any atom is 0.214 e. The Balaban J connectivity index is 1.28. The van der Waals surface area contributed by atoms with Crippen molar-refractivity contribution in [1.29, 1.82) is 0 Å². The van der Waals surface area contributed by atoms with Crippen LogP contribution in [0.15, 0.2) is 43.0 Å². The van der Waals surface area contributed by atoms with Crippen molar-refractivity contribution in [2.45, 2.75) is 45.6 Å². The molecule has 3 aromatic rings.